The Morgan fingerprint density at radius 3 is 3.13 bits per heavy atom. The molecular weight excluding hydrogens is 250 g/mol. The molecule has 2 aromatic heterocycles. The van der Waals surface area contributed by atoms with E-state index in [0.29, 0.717) is 10.9 Å². The van der Waals surface area contributed by atoms with Crippen LogP contribution in [0, 0.1) is 0 Å². The number of aromatic nitrogens is 2. The standard InChI is InChI=1S/C8H7N3OS3/c12-6(10-8-11-9-5-15-8)4-14-7-2-1-3-13-7/h1-3,5H,4H2,(H,10,11,12). The number of carbonyl (C=O) groups is 1. The quantitative estimate of drug-likeness (QED) is 0.854. The molecule has 0 atom stereocenters. The molecule has 0 aliphatic rings. The lowest BCUT2D eigenvalue weighted by Crippen LogP contribution is -2.13. The smallest absolute Gasteiger partial charge is 0.236 e. The van der Waals surface area contributed by atoms with Crippen molar-refractivity contribution in [2.75, 3.05) is 11.1 Å². The first-order valence-electron chi connectivity index (χ1n) is 4.07. The van der Waals surface area contributed by atoms with Crippen molar-refractivity contribution >= 4 is 45.5 Å². The van der Waals surface area contributed by atoms with Crippen molar-refractivity contribution in [2.24, 2.45) is 0 Å². The number of thiophene rings is 1. The molecule has 0 unspecified atom stereocenters. The maximum Gasteiger partial charge on any atom is 0.236 e. The van der Waals surface area contributed by atoms with Gasteiger partial charge >= 0.3 is 0 Å². The van der Waals surface area contributed by atoms with E-state index in [4.69, 9.17) is 0 Å². The molecule has 7 heteroatoms. The summed E-state index contributed by atoms with van der Waals surface area (Å²) in [6.45, 7) is 0. The summed E-state index contributed by atoms with van der Waals surface area (Å²) < 4.78 is 1.14. The molecule has 78 valence electrons. The molecule has 2 heterocycles. The lowest BCUT2D eigenvalue weighted by atomic mass is 10.7. The fourth-order valence-electron chi connectivity index (χ4n) is 0.865. The Kier molecular flexibility index (Phi) is 3.70. The highest BCUT2D eigenvalue weighted by molar-refractivity contribution is 8.01. The van der Waals surface area contributed by atoms with Gasteiger partial charge in [0.25, 0.3) is 0 Å². The highest BCUT2D eigenvalue weighted by Gasteiger charge is 2.05. The third-order valence-electron chi connectivity index (χ3n) is 1.45. The number of hydrogen-bond acceptors (Lipinski definition) is 6. The summed E-state index contributed by atoms with van der Waals surface area (Å²) in [5.74, 6) is 0.352. The number of anilines is 1. The first-order valence-corrected chi connectivity index (χ1v) is 6.81. The van der Waals surface area contributed by atoms with Gasteiger partial charge in [0.15, 0.2) is 0 Å². The fraction of sp³-hybridized carbons (Fsp3) is 0.125. The zero-order valence-electron chi connectivity index (χ0n) is 7.54. The Morgan fingerprint density at radius 1 is 1.53 bits per heavy atom. The van der Waals surface area contributed by atoms with Crippen molar-refractivity contribution in [3.63, 3.8) is 0 Å². The van der Waals surface area contributed by atoms with Crippen LogP contribution in [0.25, 0.3) is 0 Å². The topological polar surface area (TPSA) is 54.9 Å². The minimum Gasteiger partial charge on any atom is -0.300 e. The maximum atomic E-state index is 11.4. The van der Waals surface area contributed by atoms with Crippen molar-refractivity contribution in [3.8, 4) is 0 Å². The molecule has 4 nitrogen and oxygen atoms in total. The van der Waals surface area contributed by atoms with Gasteiger partial charge in [-0.2, -0.15) is 0 Å². The van der Waals surface area contributed by atoms with E-state index in [1.165, 1.54) is 23.1 Å². The molecule has 2 rings (SSSR count). The Morgan fingerprint density at radius 2 is 2.47 bits per heavy atom. The maximum absolute atomic E-state index is 11.4. The second-order valence-corrected chi connectivity index (χ2v) is 5.57. The van der Waals surface area contributed by atoms with Gasteiger partial charge in [-0.1, -0.05) is 17.4 Å². The van der Waals surface area contributed by atoms with Gasteiger partial charge in [-0.25, -0.2) is 0 Å². The molecule has 0 spiro atoms. The molecule has 0 aromatic carbocycles. The van der Waals surface area contributed by atoms with Crippen LogP contribution in [0.3, 0.4) is 0 Å². The van der Waals surface area contributed by atoms with Crippen LogP contribution in [0.1, 0.15) is 0 Å². The number of nitrogens with one attached hydrogen (secondary N) is 1. The van der Waals surface area contributed by atoms with Gasteiger partial charge in [0.1, 0.15) is 5.51 Å². The lowest BCUT2D eigenvalue weighted by molar-refractivity contribution is -0.113. The molecule has 0 aliphatic heterocycles. The Balaban J connectivity index is 1.78. The highest BCUT2D eigenvalue weighted by atomic mass is 32.2. The van der Waals surface area contributed by atoms with E-state index in [9.17, 15) is 4.79 Å². The monoisotopic (exact) mass is 257 g/mol. The summed E-state index contributed by atoms with van der Waals surface area (Å²) in [5.41, 5.74) is 1.59. The van der Waals surface area contributed by atoms with Crippen molar-refractivity contribution in [2.45, 2.75) is 4.21 Å². The molecule has 0 radical (unpaired) electrons. The highest BCUT2D eigenvalue weighted by Crippen LogP contribution is 2.23. The van der Waals surface area contributed by atoms with E-state index >= 15 is 0 Å². The predicted molar refractivity (Wildman–Crippen MR) is 63.6 cm³/mol. The van der Waals surface area contributed by atoms with Gasteiger partial charge in [-0.3, -0.25) is 10.1 Å². The average Bonchev–Trinajstić information content (AvgIpc) is 2.86. The Bertz CT molecular complexity index is 412. The number of amides is 1. The van der Waals surface area contributed by atoms with Gasteiger partial charge in [0, 0.05) is 0 Å². The van der Waals surface area contributed by atoms with Crippen molar-refractivity contribution in [1.82, 2.24) is 10.2 Å². The third kappa shape index (κ3) is 3.29. The van der Waals surface area contributed by atoms with Crippen molar-refractivity contribution < 1.29 is 4.79 Å². The van der Waals surface area contributed by atoms with E-state index < -0.39 is 0 Å². The van der Waals surface area contributed by atoms with Crippen LogP contribution in [0.5, 0.6) is 0 Å². The summed E-state index contributed by atoms with van der Waals surface area (Å²) in [6.07, 6.45) is 0. The van der Waals surface area contributed by atoms with Gasteiger partial charge < -0.3 is 0 Å². The van der Waals surface area contributed by atoms with Crippen LogP contribution in [0.4, 0.5) is 5.13 Å². The molecule has 15 heavy (non-hydrogen) atoms. The van der Waals surface area contributed by atoms with E-state index in [1.54, 1.807) is 16.8 Å². The first kappa shape index (κ1) is 10.6. The number of nitrogens with zero attached hydrogens (tertiary/aromatic N) is 2. The van der Waals surface area contributed by atoms with Crippen LogP contribution < -0.4 is 5.32 Å². The Labute approximate surface area is 98.7 Å². The van der Waals surface area contributed by atoms with Crippen LogP contribution >= 0.6 is 34.4 Å². The summed E-state index contributed by atoms with van der Waals surface area (Å²) in [4.78, 5) is 11.4. The molecule has 0 fully saturated rings. The zero-order valence-corrected chi connectivity index (χ0v) is 9.99. The predicted octanol–water partition coefficient (Wildman–Crippen LogP) is 2.33. The summed E-state index contributed by atoms with van der Waals surface area (Å²) in [7, 11) is 0. The second kappa shape index (κ2) is 5.24. The third-order valence-corrected chi connectivity index (χ3v) is 4.18. The molecule has 0 saturated carbocycles. The zero-order chi connectivity index (χ0) is 10.5. The van der Waals surface area contributed by atoms with Gasteiger partial charge in [0.2, 0.25) is 11.0 Å². The number of thioether (sulfide) groups is 1. The van der Waals surface area contributed by atoms with Gasteiger partial charge in [-0.05, 0) is 11.4 Å². The molecule has 1 N–H and O–H groups in total. The molecular formula is C8H7N3OS3. The van der Waals surface area contributed by atoms with Crippen LogP contribution in [0.2, 0.25) is 0 Å². The van der Waals surface area contributed by atoms with Crippen molar-refractivity contribution in [3.05, 3.63) is 23.0 Å². The molecule has 1 amide bonds. The number of hydrogen-bond donors (Lipinski definition) is 1. The summed E-state index contributed by atoms with van der Waals surface area (Å²) in [6, 6.07) is 3.96. The van der Waals surface area contributed by atoms with Crippen LogP contribution in [-0.2, 0) is 4.79 Å². The summed E-state index contributed by atoms with van der Waals surface area (Å²) >= 11 is 4.46. The van der Waals surface area contributed by atoms with E-state index in [2.05, 4.69) is 15.5 Å². The molecule has 0 bridgehead atoms. The molecule has 0 saturated heterocycles. The summed E-state index contributed by atoms with van der Waals surface area (Å²) in [5, 5.41) is 12.6. The minimum atomic E-state index is -0.0508. The SMILES string of the molecule is O=C(CSc1cccs1)Nc1nncs1. The van der Waals surface area contributed by atoms with Gasteiger partial charge in [0.05, 0.1) is 9.96 Å². The van der Waals surface area contributed by atoms with Crippen molar-refractivity contribution in [1.29, 1.82) is 0 Å². The fourth-order valence-corrected chi connectivity index (χ4v) is 2.91. The largest absolute Gasteiger partial charge is 0.300 e. The lowest BCUT2D eigenvalue weighted by Gasteiger charge is -1.98. The average molecular weight is 257 g/mol. The minimum absolute atomic E-state index is 0.0508. The first-order chi connectivity index (χ1) is 7.34. The molecule has 2 aromatic rings. The van der Waals surface area contributed by atoms with E-state index in [0.717, 1.165) is 4.21 Å². The van der Waals surface area contributed by atoms with Crippen LogP contribution in [-0.4, -0.2) is 21.9 Å². The van der Waals surface area contributed by atoms with E-state index in [-0.39, 0.29) is 5.91 Å². The van der Waals surface area contributed by atoms with Crippen LogP contribution in [0.15, 0.2) is 27.2 Å². The second-order valence-electron chi connectivity index (χ2n) is 2.51. The van der Waals surface area contributed by atoms with E-state index in [1.807, 2.05) is 17.5 Å². The normalized spacial score (nSPS) is 10.1. The Hall–Kier alpha value is -0.920. The number of carbonyl (C=O) groups excluding carboxylic acids is 1. The molecule has 0 aliphatic carbocycles. The van der Waals surface area contributed by atoms with Gasteiger partial charge in [-0.15, -0.1) is 33.3 Å². The number of rotatable bonds is 4.